The number of nitrogens with two attached hydrogens (primary N) is 1. The molecule has 0 bridgehead atoms. The van der Waals surface area contributed by atoms with Gasteiger partial charge in [0.1, 0.15) is 6.10 Å². The fourth-order valence-corrected chi connectivity index (χ4v) is 1.84. The Morgan fingerprint density at radius 1 is 1.43 bits per heavy atom. The van der Waals surface area contributed by atoms with Gasteiger partial charge in [-0.15, -0.1) is 0 Å². The second kappa shape index (κ2) is 3.96. The van der Waals surface area contributed by atoms with Crippen molar-refractivity contribution in [2.75, 3.05) is 0 Å². The highest BCUT2D eigenvalue weighted by atomic mass is 16.5. The fraction of sp³-hybridized carbons (Fsp3) is 0.545. The normalized spacial score (nSPS) is 26.4. The summed E-state index contributed by atoms with van der Waals surface area (Å²) in [6, 6.07) is 5.98. The zero-order valence-corrected chi connectivity index (χ0v) is 8.44. The van der Waals surface area contributed by atoms with Crippen molar-refractivity contribution in [3.63, 3.8) is 0 Å². The van der Waals surface area contributed by atoms with Gasteiger partial charge in [0.15, 0.2) is 0 Å². The molecule has 3 nitrogen and oxygen atoms in total. The minimum Gasteiger partial charge on any atom is -0.473 e. The summed E-state index contributed by atoms with van der Waals surface area (Å²) in [5, 5.41) is 0. The summed E-state index contributed by atoms with van der Waals surface area (Å²) < 4.78 is 5.73. The Balaban J connectivity index is 2.03. The number of rotatable bonds is 2. The van der Waals surface area contributed by atoms with Gasteiger partial charge in [0.05, 0.1) is 0 Å². The molecule has 1 saturated carbocycles. The smallest absolute Gasteiger partial charge is 0.213 e. The molecular weight excluding hydrogens is 176 g/mol. The number of aromatic nitrogens is 1. The molecule has 2 atom stereocenters. The van der Waals surface area contributed by atoms with Crippen molar-refractivity contribution in [3.8, 4) is 5.88 Å². The highest BCUT2D eigenvalue weighted by Crippen LogP contribution is 2.22. The van der Waals surface area contributed by atoms with Gasteiger partial charge in [-0.2, -0.15) is 0 Å². The van der Waals surface area contributed by atoms with Crippen LogP contribution < -0.4 is 10.5 Å². The van der Waals surface area contributed by atoms with Crippen LogP contribution in [0.3, 0.4) is 0 Å². The Hall–Kier alpha value is -1.09. The Bertz CT molecular complexity index is 314. The molecular formula is C11H16N2O. The fourth-order valence-electron chi connectivity index (χ4n) is 1.84. The third kappa shape index (κ3) is 2.04. The summed E-state index contributed by atoms with van der Waals surface area (Å²) in [7, 11) is 0. The topological polar surface area (TPSA) is 48.1 Å². The SMILES string of the molecule is Cc1cccc(O[C@@H]2CCC[C@H]2N)n1. The highest BCUT2D eigenvalue weighted by Gasteiger charge is 2.25. The maximum atomic E-state index is 5.91. The first-order valence-corrected chi connectivity index (χ1v) is 5.11. The number of hydrogen-bond donors (Lipinski definition) is 1. The van der Waals surface area contributed by atoms with E-state index in [4.69, 9.17) is 10.5 Å². The average molecular weight is 192 g/mol. The standard InChI is InChI=1S/C11H16N2O/c1-8-4-2-7-11(13-8)14-10-6-3-5-9(10)12/h2,4,7,9-10H,3,5-6,12H2,1H3/t9-,10-/m1/s1. The minimum absolute atomic E-state index is 0.157. The summed E-state index contributed by atoms with van der Waals surface area (Å²) in [5.41, 5.74) is 6.89. The van der Waals surface area contributed by atoms with Crippen LogP contribution in [-0.4, -0.2) is 17.1 Å². The van der Waals surface area contributed by atoms with E-state index in [9.17, 15) is 0 Å². The van der Waals surface area contributed by atoms with Crippen LogP contribution in [0.5, 0.6) is 5.88 Å². The van der Waals surface area contributed by atoms with E-state index in [0.29, 0.717) is 5.88 Å². The van der Waals surface area contributed by atoms with Crippen molar-refractivity contribution in [1.29, 1.82) is 0 Å². The molecule has 0 saturated heterocycles. The lowest BCUT2D eigenvalue weighted by Crippen LogP contribution is -2.33. The van der Waals surface area contributed by atoms with Gasteiger partial charge in [0.25, 0.3) is 0 Å². The summed E-state index contributed by atoms with van der Waals surface area (Å²) in [5.74, 6) is 0.701. The third-order valence-electron chi connectivity index (χ3n) is 2.64. The average Bonchev–Trinajstić information content (AvgIpc) is 2.52. The molecule has 1 aliphatic rings. The van der Waals surface area contributed by atoms with Crippen LogP contribution in [0.1, 0.15) is 25.0 Å². The number of aryl methyl sites for hydroxylation is 1. The monoisotopic (exact) mass is 192 g/mol. The molecule has 1 aromatic heterocycles. The van der Waals surface area contributed by atoms with Gasteiger partial charge in [-0.3, -0.25) is 0 Å². The maximum Gasteiger partial charge on any atom is 0.213 e. The zero-order chi connectivity index (χ0) is 9.97. The quantitative estimate of drug-likeness (QED) is 0.775. The molecule has 0 spiro atoms. The number of pyridine rings is 1. The van der Waals surface area contributed by atoms with Crippen molar-refractivity contribution >= 4 is 0 Å². The molecule has 0 radical (unpaired) electrons. The van der Waals surface area contributed by atoms with E-state index in [1.165, 1.54) is 0 Å². The van der Waals surface area contributed by atoms with Crippen LogP contribution in [0.15, 0.2) is 18.2 Å². The predicted molar refractivity (Wildman–Crippen MR) is 55.2 cm³/mol. The van der Waals surface area contributed by atoms with Gasteiger partial charge in [0.2, 0.25) is 5.88 Å². The summed E-state index contributed by atoms with van der Waals surface area (Å²) in [4.78, 5) is 4.29. The van der Waals surface area contributed by atoms with E-state index in [0.717, 1.165) is 25.0 Å². The van der Waals surface area contributed by atoms with Gasteiger partial charge in [-0.1, -0.05) is 6.07 Å². The van der Waals surface area contributed by atoms with Crippen molar-refractivity contribution in [3.05, 3.63) is 23.9 Å². The predicted octanol–water partition coefficient (Wildman–Crippen LogP) is 1.65. The minimum atomic E-state index is 0.157. The number of ether oxygens (including phenoxy) is 1. The largest absolute Gasteiger partial charge is 0.473 e. The highest BCUT2D eigenvalue weighted by molar-refractivity contribution is 5.15. The van der Waals surface area contributed by atoms with Crippen molar-refractivity contribution in [2.45, 2.75) is 38.3 Å². The molecule has 0 aliphatic heterocycles. The first-order chi connectivity index (χ1) is 6.75. The maximum absolute atomic E-state index is 5.91. The van der Waals surface area contributed by atoms with Crippen molar-refractivity contribution < 1.29 is 4.74 Å². The van der Waals surface area contributed by atoms with Crippen LogP contribution in [-0.2, 0) is 0 Å². The summed E-state index contributed by atoms with van der Waals surface area (Å²) in [6.45, 7) is 1.96. The van der Waals surface area contributed by atoms with Crippen LogP contribution in [0.25, 0.3) is 0 Å². The van der Waals surface area contributed by atoms with Crippen LogP contribution in [0.4, 0.5) is 0 Å². The van der Waals surface area contributed by atoms with Gasteiger partial charge >= 0.3 is 0 Å². The van der Waals surface area contributed by atoms with E-state index < -0.39 is 0 Å². The first-order valence-electron chi connectivity index (χ1n) is 5.11. The first kappa shape index (κ1) is 9.46. The molecule has 2 rings (SSSR count). The van der Waals surface area contributed by atoms with Crippen molar-refractivity contribution in [2.24, 2.45) is 5.73 Å². The molecule has 1 aliphatic carbocycles. The molecule has 1 heterocycles. The zero-order valence-electron chi connectivity index (χ0n) is 8.44. The molecule has 2 N–H and O–H groups in total. The van der Waals surface area contributed by atoms with Crippen LogP contribution in [0.2, 0.25) is 0 Å². The van der Waals surface area contributed by atoms with Gasteiger partial charge in [0, 0.05) is 17.8 Å². The lowest BCUT2D eigenvalue weighted by molar-refractivity contribution is 0.183. The summed E-state index contributed by atoms with van der Waals surface area (Å²) >= 11 is 0. The van der Waals surface area contributed by atoms with E-state index >= 15 is 0 Å². The van der Waals surface area contributed by atoms with Crippen molar-refractivity contribution in [1.82, 2.24) is 4.98 Å². The van der Waals surface area contributed by atoms with E-state index in [1.54, 1.807) is 0 Å². The lowest BCUT2D eigenvalue weighted by Gasteiger charge is -2.16. The Labute approximate surface area is 84.3 Å². The van der Waals surface area contributed by atoms with Gasteiger partial charge < -0.3 is 10.5 Å². The number of nitrogens with zero attached hydrogens (tertiary/aromatic N) is 1. The Kier molecular flexibility index (Phi) is 2.68. The molecule has 1 fully saturated rings. The van der Waals surface area contributed by atoms with E-state index in [2.05, 4.69) is 4.98 Å². The number of hydrogen-bond acceptors (Lipinski definition) is 3. The van der Waals surface area contributed by atoms with Gasteiger partial charge in [-0.05, 0) is 32.3 Å². The summed E-state index contributed by atoms with van der Waals surface area (Å²) in [6.07, 6.45) is 3.44. The molecule has 1 aromatic rings. The molecule has 0 amide bonds. The van der Waals surface area contributed by atoms with E-state index in [1.807, 2.05) is 25.1 Å². The second-order valence-corrected chi connectivity index (χ2v) is 3.87. The van der Waals surface area contributed by atoms with Gasteiger partial charge in [-0.25, -0.2) is 4.98 Å². The Morgan fingerprint density at radius 3 is 2.93 bits per heavy atom. The molecule has 0 unspecified atom stereocenters. The molecule has 76 valence electrons. The lowest BCUT2D eigenvalue weighted by atomic mass is 10.2. The Morgan fingerprint density at radius 2 is 2.29 bits per heavy atom. The van der Waals surface area contributed by atoms with Crippen LogP contribution in [0, 0.1) is 6.92 Å². The third-order valence-corrected chi connectivity index (χ3v) is 2.64. The molecule has 0 aromatic carbocycles. The molecule has 14 heavy (non-hydrogen) atoms. The molecule has 3 heteroatoms. The van der Waals surface area contributed by atoms with E-state index in [-0.39, 0.29) is 12.1 Å². The second-order valence-electron chi connectivity index (χ2n) is 3.87. The van der Waals surface area contributed by atoms with Crippen LogP contribution >= 0.6 is 0 Å².